The fraction of sp³-hybridized carbons (Fsp3) is 0.733. The minimum absolute atomic E-state index is 0.0276. The van der Waals surface area contributed by atoms with Gasteiger partial charge >= 0.3 is 5.97 Å². The van der Waals surface area contributed by atoms with Crippen LogP contribution in [0.4, 0.5) is 0 Å². The van der Waals surface area contributed by atoms with Crippen molar-refractivity contribution in [1.82, 2.24) is 14.7 Å². The van der Waals surface area contributed by atoms with E-state index in [2.05, 4.69) is 23.0 Å². The molecule has 0 aliphatic carbocycles. The average molecular weight is 293 g/mol. The number of carbonyl (C=O) groups excluding carboxylic acids is 1. The number of aromatic nitrogens is 2. The monoisotopic (exact) mass is 293 g/mol. The molecule has 3 heterocycles. The third kappa shape index (κ3) is 3.11. The van der Waals surface area contributed by atoms with Crippen LogP contribution in [0, 0.1) is 13.8 Å². The van der Waals surface area contributed by atoms with Crippen LogP contribution < -0.4 is 0 Å². The van der Waals surface area contributed by atoms with Crippen molar-refractivity contribution in [3.05, 3.63) is 17.5 Å². The lowest BCUT2D eigenvalue weighted by molar-refractivity contribution is -0.147. The first-order chi connectivity index (χ1) is 10.0. The predicted octanol–water partition coefficient (Wildman–Crippen LogP) is 0.905. The Kier molecular flexibility index (Phi) is 3.99. The number of rotatable bonds is 3. The van der Waals surface area contributed by atoms with Crippen molar-refractivity contribution in [2.24, 2.45) is 0 Å². The molecular formula is C15H23N3O3. The molecule has 2 fully saturated rings. The largest absolute Gasteiger partial charge is 0.461 e. The molecule has 6 heteroatoms. The second-order valence-corrected chi connectivity index (χ2v) is 6.10. The van der Waals surface area contributed by atoms with E-state index in [0.717, 1.165) is 37.4 Å². The van der Waals surface area contributed by atoms with Gasteiger partial charge in [0.15, 0.2) is 0 Å². The van der Waals surface area contributed by atoms with Crippen LogP contribution >= 0.6 is 0 Å². The quantitative estimate of drug-likeness (QED) is 0.775. The Morgan fingerprint density at radius 2 is 2.24 bits per heavy atom. The molecule has 0 amide bonds. The minimum atomic E-state index is -0.105. The Balaban J connectivity index is 1.63. The molecule has 2 aliphatic heterocycles. The Labute approximate surface area is 125 Å². The number of morpholine rings is 1. The van der Waals surface area contributed by atoms with Gasteiger partial charge in [-0.1, -0.05) is 0 Å². The molecule has 0 unspecified atom stereocenters. The number of carbonyl (C=O) groups is 1. The molecule has 0 spiro atoms. The van der Waals surface area contributed by atoms with Gasteiger partial charge in [0.2, 0.25) is 0 Å². The zero-order valence-corrected chi connectivity index (χ0v) is 12.9. The Morgan fingerprint density at radius 1 is 1.43 bits per heavy atom. The summed E-state index contributed by atoms with van der Waals surface area (Å²) < 4.78 is 13.1. The molecular weight excluding hydrogens is 270 g/mol. The lowest BCUT2D eigenvalue weighted by atomic mass is 10.1. The van der Waals surface area contributed by atoms with E-state index < -0.39 is 0 Å². The maximum Gasteiger partial charge on any atom is 0.323 e. The first-order valence-corrected chi connectivity index (χ1v) is 7.60. The molecule has 1 aromatic rings. The summed E-state index contributed by atoms with van der Waals surface area (Å²) in [6.45, 7) is 8.93. The van der Waals surface area contributed by atoms with Gasteiger partial charge in [0.1, 0.15) is 12.1 Å². The summed E-state index contributed by atoms with van der Waals surface area (Å²) in [6, 6.07) is 1.96. The van der Waals surface area contributed by atoms with E-state index in [1.807, 2.05) is 18.5 Å². The molecule has 0 bridgehead atoms. The highest BCUT2D eigenvalue weighted by atomic mass is 16.6. The summed E-state index contributed by atoms with van der Waals surface area (Å²) in [5, 5.41) is 4.48. The normalized spacial score (nSPS) is 30.6. The molecule has 2 aliphatic rings. The van der Waals surface area contributed by atoms with Crippen molar-refractivity contribution in [1.29, 1.82) is 0 Å². The highest BCUT2D eigenvalue weighted by Crippen LogP contribution is 2.22. The summed E-state index contributed by atoms with van der Waals surface area (Å²) in [7, 11) is 0. The van der Waals surface area contributed by atoms with E-state index in [1.54, 1.807) is 0 Å². The molecule has 1 aromatic heterocycles. The first-order valence-electron chi connectivity index (χ1n) is 7.60. The molecule has 0 N–H and O–H groups in total. The lowest BCUT2D eigenvalue weighted by Gasteiger charge is -2.35. The van der Waals surface area contributed by atoms with Gasteiger partial charge in [-0.15, -0.1) is 0 Å². The molecule has 0 saturated carbocycles. The number of hydrogen-bond donors (Lipinski definition) is 0. The van der Waals surface area contributed by atoms with Gasteiger partial charge in [-0.3, -0.25) is 14.4 Å². The summed E-state index contributed by atoms with van der Waals surface area (Å²) in [4.78, 5) is 14.1. The highest BCUT2D eigenvalue weighted by Gasteiger charge is 2.38. The van der Waals surface area contributed by atoms with E-state index in [9.17, 15) is 4.79 Å². The van der Waals surface area contributed by atoms with Crippen molar-refractivity contribution >= 4 is 5.97 Å². The summed E-state index contributed by atoms with van der Waals surface area (Å²) in [5.41, 5.74) is 2.16. The van der Waals surface area contributed by atoms with Crippen molar-refractivity contribution < 1.29 is 14.3 Å². The van der Waals surface area contributed by atoms with E-state index in [4.69, 9.17) is 9.47 Å². The summed E-state index contributed by atoms with van der Waals surface area (Å²) in [6.07, 6.45) is 0.881. The van der Waals surface area contributed by atoms with E-state index >= 15 is 0 Å². The Hall–Kier alpha value is -1.40. The second kappa shape index (κ2) is 5.77. The van der Waals surface area contributed by atoms with Gasteiger partial charge in [-0.05, 0) is 26.8 Å². The van der Waals surface area contributed by atoms with Crippen LogP contribution in [0.2, 0.25) is 0 Å². The van der Waals surface area contributed by atoms with Gasteiger partial charge in [-0.25, -0.2) is 0 Å². The molecule has 21 heavy (non-hydrogen) atoms. The van der Waals surface area contributed by atoms with E-state index in [1.165, 1.54) is 0 Å². The van der Waals surface area contributed by atoms with Gasteiger partial charge < -0.3 is 9.47 Å². The van der Waals surface area contributed by atoms with Crippen molar-refractivity contribution in [2.45, 2.75) is 52.0 Å². The van der Waals surface area contributed by atoms with Gasteiger partial charge in [0, 0.05) is 25.2 Å². The Bertz CT molecular complexity index is 528. The molecule has 116 valence electrons. The van der Waals surface area contributed by atoms with E-state index in [-0.39, 0.29) is 24.2 Å². The van der Waals surface area contributed by atoms with Crippen LogP contribution in [0.5, 0.6) is 0 Å². The SMILES string of the molecule is Cc1cc(C)n(C[C@@H]2CN([C@@H]3C[C@H](C)OC3=O)CCO2)n1. The summed E-state index contributed by atoms with van der Waals surface area (Å²) >= 11 is 0. The molecule has 2 saturated heterocycles. The number of aryl methyl sites for hydroxylation is 2. The zero-order valence-electron chi connectivity index (χ0n) is 12.9. The van der Waals surface area contributed by atoms with Crippen LogP contribution in [-0.2, 0) is 20.8 Å². The highest BCUT2D eigenvalue weighted by molar-refractivity contribution is 5.78. The van der Waals surface area contributed by atoms with Crippen molar-refractivity contribution in [3.8, 4) is 0 Å². The van der Waals surface area contributed by atoms with Crippen LogP contribution in [-0.4, -0.2) is 58.6 Å². The number of ether oxygens (including phenoxy) is 2. The number of nitrogens with zero attached hydrogens (tertiary/aromatic N) is 3. The van der Waals surface area contributed by atoms with Crippen molar-refractivity contribution in [2.75, 3.05) is 19.7 Å². The smallest absolute Gasteiger partial charge is 0.323 e. The first kappa shape index (κ1) is 14.5. The van der Waals surface area contributed by atoms with Crippen LogP contribution in [0.15, 0.2) is 6.07 Å². The molecule has 6 nitrogen and oxygen atoms in total. The van der Waals surface area contributed by atoms with Crippen LogP contribution in [0.1, 0.15) is 24.7 Å². The van der Waals surface area contributed by atoms with Gasteiger partial charge in [0.25, 0.3) is 0 Å². The van der Waals surface area contributed by atoms with Crippen LogP contribution in [0.3, 0.4) is 0 Å². The topological polar surface area (TPSA) is 56.6 Å². The maximum atomic E-state index is 11.9. The van der Waals surface area contributed by atoms with Crippen LogP contribution in [0.25, 0.3) is 0 Å². The third-order valence-corrected chi connectivity index (χ3v) is 4.24. The minimum Gasteiger partial charge on any atom is -0.461 e. The molecule has 0 radical (unpaired) electrons. The summed E-state index contributed by atoms with van der Waals surface area (Å²) in [5.74, 6) is -0.0886. The number of hydrogen-bond acceptors (Lipinski definition) is 5. The maximum absolute atomic E-state index is 11.9. The fourth-order valence-corrected chi connectivity index (χ4v) is 3.22. The average Bonchev–Trinajstić information content (AvgIpc) is 2.92. The lowest BCUT2D eigenvalue weighted by Crippen LogP contribution is -2.50. The third-order valence-electron chi connectivity index (χ3n) is 4.24. The standard InChI is InChI=1S/C15H23N3O3/c1-10-6-11(2)18(16-10)9-13-8-17(4-5-20-13)14-7-12(3)21-15(14)19/h6,12-14H,4-5,7-9H2,1-3H3/t12-,13-,14+/m0/s1. The van der Waals surface area contributed by atoms with Crippen molar-refractivity contribution in [3.63, 3.8) is 0 Å². The van der Waals surface area contributed by atoms with Gasteiger partial charge in [-0.2, -0.15) is 5.10 Å². The molecule has 3 rings (SSSR count). The zero-order chi connectivity index (χ0) is 15.0. The molecule has 3 atom stereocenters. The number of esters is 1. The fourth-order valence-electron chi connectivity index (χ4n) is 3.22. The Morgan fingerprint density at radius 3 is 2.86 bits per heavy atom. The number of cyclic esters (lactones) is 1. The van der Waals surface area contributed by atoms with E-state index in [0.29, 0.717) is 6.61 Å². The predicted molar refractivity (Wildman–Crippen MR) is 77.0 cm³/mol. The molecule has 0 aromatic carbocycles. The van der Waals surface area contributed by atoms with Gasteiger partial charge in [0.05, 0.1) is 24.9 Å². The second-order valence-electron chi connectivity index (χ2n) is 6.10.